The fourth-order valence-corrected chi connectivity index (χ4v) is 4.19. The monoisotopic (exact) mass is 448 g/mol. The fourth-order valence-electron chi connectivity index (χ4n) is 2.48. The number of aromatic nitrogens is 1. The molecule has 0 unspecified atom stereocenters. The van der Waals surface area contributed by atoms with Crippen LogP contribution in [0.2, 0.25) is 0 Å². The lowest BCUT2D eigenvalue weighted by Gasteiger charge is -2.32. The van der Waals surface area contributed by atoms with Gasteiger partial charge in [-0.3, -0.25) is 0 Å². The molecule has 1 aromatic heterocycles. The number of anilines is 1. The van der Waals surface area contributed by atoms with Crippen LogP contribution in [-0.2, 0) is 19.7 Å². The van der Waals surface area contributed by atoms with Crippen LogP contribution >= 0.6 is 15.9 Å². The van der Waals surface area contributed by atoms with Crippen LogP contribution in [0.15, 0.2) is 21.6 Å². The fraction of sp³-hybridized carbons (Fsp3) is 0.625. The molecule has 10 heteroatoms. The summed E-state index contributed by atoms with van der Waals surface area (Å²) in [6.07, 6.45) is 3.11. The summed E-state index contributed by atoms with van der Waals surface area (Å²) in [5, 5.41) is 1.62. The van der Waals surface area contributed by atoms with Gasteiger partial charge in [0.2, 0.25) is 10.0 Å². The van der Waals surface area contributed by atoms with Gasteiger partial charge in [0.05, 0.1) is 5.41 Å². The molecule has 0 aliphatic carbocycles. The number of halogens is 1. The number of rotatable bonds is 5. The summed E-state index contributed by atoms with van der Waals surface area (Å²) in [7, 11) is -3.77. The molecule has 1 saturated heterocycles. The zero-order valence-electron chi connectivity index (χ0n) is 15.2. The van der Waals surface area contributed by atoms with Crippen molar-refractivity contribution >= 4 is 37.7 Å². The van der Waals surface area contributed by atoms with Crippen molar-refractivity contribution in [3.63, 3.8) is 0 Å². The maximum Gasteiger partial charge on any atom is 0.330 e. The number of nitrogen functional groups attached to an aromatic ring is 1. The molecule has 8 nitrogen and oxygen atoms in total. The van der Waals surface area contributed by atoms with Gasteiger partial charge < -0.3 is 10.6 Å². The van der Waals surface area contributed by atoms with Gasteiger partial charge in [-0.2, -0.15) is 0 Å². The van der Waals surface area contributed by atoms with Crippen LogP contribution in [0.1, 0.15) is 33.6 Å². The number of nitrogens with zero attached hydrogens (tertiary/aromatic N) is 2. The standard InChI is InChI=1S/C16H25BrN4O4S/c1-16(2,3)15(22)25-21-6-4-5-11(10-21)8-20-26(23,24)13-7-12(17)9-19-14(13)18/h7,9,11,20H,4-6,8,10H2,1-3H3,(H2,18,19)/t11-/m1/s1. The lowest BCUT2D eigenvalue weighted by atomic mass is 9.97. The first-order valence-corrected chi connectivity index (χ1v) is 10.6. The highest BCUT2D eigenvalue weighted by Crippen LogP contribution is 2.23. The van der Waals surface area contributed by atoms with Crippen LogP contribution in [0, 0.1) is 11.3 Å². The Balaban J connectivity index is 1.96. The average molecular weight is 449 g/mol. The van der Waals surface area contributed by atoms with Gasteiger partial charge in [-0.25, -0.2) is 22.9 Å². The zero-order chi connectivity index (χ0) is 19.5. The largest absolute Gasteiger partial charge is 0.383 e. The predicted octanol–water partition coefficient (Wildman–Crippen LogP) is 1.92. The highest BCUT2D eigenvalue weighted by atomic mass is 79.9. The smallest absolute Gasteiger partial charge is 0.330 e. The first-order valence-electron chi connectivity index (χ1n) is 8.37. The van der Waals surface area contributed by atoms with Crippen LogP contribution in [0.25, 0.3) is 0 Å². The summed E-state index contributed by atoms with van der Waals surface area (Å²) in [5.74, 6) is -0.315. The molecular weight excluding hydrogens is 424 g/mol. The summed E-state index contributed by atoms with van der Waals surface area (Å²) in [6.45, 7) is 6.74. The van der Waals surface area contributed by atoms with Gasteiger partial charge in [0.25, 0.3) is 0 Å². The number of hydroxylamine groups is 2. The van der Waals surface area contributed by atoms with Crippen molar-refractivity contribution in [1.29, 1.82) is 0 Å². The van der Waals surface area contributed by atoms with Gasteiger partial charge in [-0.15, -0.1) is 5.06 Å². The molecule has 0 saturated carbocycles. The summed E-state index contributed by atoms with van der Waals surface area (Å²) in [6, 6.07) is 1.42. The Morgan fingerprint density at radius 1 is 1.50 bits per heavy atom. The van der Waals surface area contributed by atoms with E-state index in [1.54, 1.807) is 25.8 Å². The second-order valence-corrected chi connectivity index (χ2v) is 10.1. The average Bonchev–Trinajstić information content (AvgIpc) is 2.55. The molecule has 2 rings (SSSR count). The number of carbonyl (C=O) groups excluding carboxylic acids is 1. The second-order valence-electron chi connectivity index (χ2n) is 7.41. The molecule has 0 amide bonds. The molecule has 1 aliphatic rings. The van der Waals surface area contributed by atoms with Crippen molar-refractivity contribution in [3.8, 4) is 0 Å². The highest BCUT2D eigenvalue weighted by molar-refractivity contribution is 9.10. The van der Waals surface area contributed by atoms with E-state index in [9.17, 15) is 13.2 Å². The van der Waals surface area contributed by atoms with Gasteiger partial charge in [0.15, 0.2) is 0 Å². The number of sulfonamides is 1. The number of hydrogen-bond donors (Lipinski definition) is 2. The quantitative estimate of drug-likeness (QED) is 0.706. The van der Waals surface area contributed by atoms with Crippen molar-refractivity contribution in [2.45, 2.75) is 38.5 Å². The first-order chi connectivity index (χ1) is 12.0. The maximum atomic E-state index is 12.5. The van der Waals surface area contributed by atoms with E-state index in [4.69, 9.17) is 10.6 Å². The third-order valence-electron chi connectivity index (χ3n) is 4.01. The van der Waals surface area contributed by atoms with Crippen LogP contribution < -0.4 is 10.5 Å². The zero-order valence-corrected chi connectivity index (χ0v) is 17.6. The summed E-state index contributed by atoms with van der Waals surface area (Å²) >= 11 is 3.20. The lowest BCUT2D eigenvalue weighted by molar-refractivity contribution is -0.207. The Hall–Kier alpha value is -1.23. The van der Waals surface area contributed by atoms with Crippen LogP contribution in [-0.4, -0.2) is 44.1 Å². The van der Waals surface area contributed by atoms with Gasteiger partial charge >= 0.3 is 5.97 Å². The highest BCUT2D eigenvalue weighted by Gasteiger charge is 2.29. The molecule has 1 fully saturated rings. The Morgan fingerprint density at radius 3 is 2.85 bits per heavy atom. The lowest BCUT2D eigenvalue weighted by Crippen LogP contribution is -2.43. The Labute approximate surface area is 162 Å². The molecule has 146 valence electrons. The molecular formula is C16H25BrN4O4S. The Kier molecular flexibility index (Phi) is 6.65. The predicted molar refractivity (Wildman–Crippen MR) is 101 cm³/mol. The van der Waals surface area contributed by atoms with E-state index in [1.807, 2.05) is 0 Å². The second kappa shape index (κ2) is 8.20. The molecule has 0 aromatic carbocycles. The SMILES string of the molecule is CC(C)(C)C(=O)ON1CCC[C@H](CNS(=O)(=O)c2cc(Br)cnc2N)C1. The third-order valence-corrected chi connectivity index (χ3v) is 5.89. The van der Waals surface area contributed by atoms with Gasteiger partial charge in [0.1, 0.15) is 10.7 Å². The number of nitrogens with one attached hydrogen (secondary N) is 1. The maximum absolute atomic E-state index is 12.5. The van der Waals surface area contributed by atoms with Crippen LogP contribution in [0.5, 0.6) is 0 Å². The van der Waals surface area contributed by atoms with Crippen LogP contribution in [0.4, 0.5) is 5.82 Å². The summed E-state index contributed by atoms with van der Waals surface area (Å²) < 4.78 is 28.1. The van der Waals surface area contributed by atoms with E-state index >= 15 is 0 Å². The molecule has 0 radical (unpaired) electrons. The molecule has 3 N–H and O–H groups in total. The van der Waals surface area contributed by atoms with Crippen molar-refractivity contribution in [2.75, 3.05) is 25.4 Å². The molecule has 1 atom stereocenters. The molecule has 0 bridgehead atoms. The minimum Gasteiger partial charge on any atom is -0.383 e. The van der Waals surface area contributed by atoms with E-state index in [0.29, 0.717) is 17.6 Å². The van der Waals surface area contributed by atoms with Gasteiger partial charge in [-0.1, -0.05) is 0 Å². The number of carbonyl (C=O) groups is 1. The topological polar surface area (TPSA) is 115 Å². The molecule has 0 spiro atoms. The first kappa shape index (κ1) is 21.1. The van der Waals surface area contributed by atoms with E-state index in [-0.39, 0.29) is 29.1 Å². The molecule has 1 aliphatic heterocycles. The minimum absolute atomic E-state index is 0.0348. The van der Waals surface area contributed by atoms with E-state index in [2.05, 4.69) is 25.6 Å². The third kappa shape index (κ3) is 5.63. The van der Waals surface area contributed by atoms with E-state index in [0.717, 1.165) is 12.8 Å². The van der Waals surface area contributed by atoms with Crippen molar-refractivity contribution < 1.29 is 18.0 Å². The minimum atomic E-state index is -3.77. The number of hydrogen-bond acceptors (Lipinski definition) is 7. The Morgan fingerprint density at radius 2 is 2.19 bits per heavy atom. The van der Waals surface area contributed by atoms with Crippen molar-refractivity contribution in [2.24, 2.45) is 11.3 Å². The number of piperidine rings is 1. The molecule has 2 heterocycles. The van der Waals surface area contributed by atoms with Crippen molar-refractivity contribution in [3.05, 3.63) is 16.7 Å². The molecule has 1 aromatic rings. The van der Waals surface area contributed by atoms with Crippen LogP contribution in [0.3, 0.4) is 0 Å². The number of pyridine rings is 1. The summed E-state index contributed by atoms with van der Waals surface area (Å²) in [5.41, 5.74) is 5.10. The van der Waals surface area contributed by atoms with E-state index < -0.39 is 15.4 Å². The molecule has 26 heavy (non-hydrogen) atoms. The summed E-state index contributed by atoms with van der Waals surface area (Å²) in [4.78, 5) is 21.2. The number of nitrogens with two attached hydrogens (primary N) is 1. The van der Waals surface area contributed by atoms with Gasteiger partial charge in [0, 0.05) is 30.3 Å². The van der Waals surface area contributed by atoms with Crippen molar-refractivity contribution in [1.82, 2.24) is 14.8 Å². The van der Waals surface area contributed by atoms with Gasteiger partial charge in [-0.05, 0) is 61.5 Å². The van der Waals surface area contributed by atoms with E-state index in [1.165, 1.54) is 12.3 Å². The Bertz CT molecular complexity index is 764. The normalized spacial score (nSPS) is 19.3.